The molecule has 21 heavy (non-hydrogen) atoms. The lowest BCUT2D eigenvalue weighted by Gasteiger charge is -2.20. The number of benzene rings is 1. The second-order valence-electron chi connectivity index (χ2n) is 6.16. The highest BCUT2D eigenvalue weighted by molar-refractivity contribution is 7.99. The van der Waals surface area contributed by atoms with Gasteiger partial charge in [-0.1, -0.05) is 11.8 Å². The molecule has 1 aromatic heterocycles. The minimum Gasteiger partial charge on any atom is -0.497 e. The highest BCUT2D eigenvalue weighted by atomic mass is 32.2. The van der Waals surface area contributed by atoms with E-state index in [0.717, 1.165) is 34.2 Å². The molecule has 0 atom stereocenters. The Labute approximate surface area is 131 Å². The average Bonchev–Trinajstić information content (AvgIpc) is 2.83. The monoisotopic (exact) mass is 307 g/mol. The molecule has 0 aliphatic rings. The Hall–Kier alpha value is -1.20. The molecule has 0 fully saturated rings. The SMILES string of the molecule is COc1ccc2nc(SCCCCNC(C)(C)C)[nH]c2c1. The zero-order valence-corrected chi connectivity index (χ0v) is 14.1. The van der Waals surface area contributed by atoms with Gasteiger partial charge in [0.05, 0.1) is 18.1 Å². The molecule has 2 N–H and O–H groups in total. The van der Waals surface area contributed by atoms with Gasteiger partial charge in [0.2, 0.25) is 0 Å². The van der Waals surface area contributed by atoms with E-state index in [2.05, 4.69) is 36.1 Å². The van der Waals surface area contributed by atoms with E-state index in [-0.39, 0.29) is 5.54 Å². The van der Waals surface area contributed by atoms with Gasteiger partial charge >= 0.3 is 0 Å². The molecule has 4 nitrogen and oxygen atoms in total. The Morgan fingerprint density at radius 3 is 2.81 bits per heavy atom. The molecular weight excluding hydrogens is 282 g/mol. The third-order valence-electron chi connectivity index (χ3n) is 3.13. The Balaban J connectivity index is 1.76. The average molecular weight is 307 g/mol. The Morgan fingerprint density at radius 2 is 2.10 bits per heavy atom. The number of aromatic amines is 1. The van der Waals surface area contributed by atoms with Crippen LogP contribution in [0.15, 0.2) is 23.4 Å². The quantitative estimate of drug-likeness (QED) is 0.603. The fraction of sp³-hybridized carbons (Fsp3) is 0.562. The molecule has 2 rings (SSSR count). The van der Waals surface area contributed by atoms with Crippen LogP contribution in [0.25, 0.3) is 11.0 Å². The minimum absolute atomic E-state index is 0.213. The summed E-state index contributed by atoms with van der Waals surface area (Å²) in [6.07, 6.45) is 2.38. The lowest BCUT2D eigenvalue weighted by Crippen LogP contribution is -2.36. The van der Waals surface area contributed by atoms with E-state index in [4.69, 9.17) is 4.74 Å². The zero-order valence-electron chi connectivity index (χ0n) is 13.3. The molecule has 1 aromatic carbocycles. The number of H-pyrrole nitrogens is 1. The Kier molecular flexibility index (Phi) is 5.53. The summed E-state index contributed by atoms with van der Waals surface area (Å²) in [5, 5.41) is 4.50. The molecule has 0 radical (unpaired) electrons. The van der Waals surface area contributed by atoms with Gasteiger partial charge in [-0.15, -0.1) is 0 Å². The van der Waals surface area contributed by atoms with E-state index in [9.17, 15) is 0 Å². The number of imidazole rings is 1. The van der Waals surface area contributed by atoms with Crippen molar-refractivity contribution in [1.29, 1.82) is 0 Å². The van der Waals surface area contributed by atoms with E-state index < -0.39 is 0 Å². The van der Waals surface area contributed by atoms with Gasteiger partial charge < -0.3 is 15.0 Å². The van der Waals surface area contributed by atoms with Crippen molar-refractivity contribution >= 4 is 22.8 Å². The molecule has 116 valence electrons. The van der Waals surface area contributed by atoms with Gasteiger partial charge in [-0.05, 0) is 52.3 Å². The molecule has 0 spiro atoms. The second-order valence-corrected chi connectivity index (χ2v) is 7.24. The van der Waals surface area contributed by atoms with Gasteiger partial charge in [0.1, 0.15) is 5.75 Å². The number of methoxy groups -OCH3 is 1. The number of ether oxygens (including phenoxy) is 1. The number of nitrogens with one attached hydrogen (secondary N) is 2. The lowest BCUT2D eigenvalue weighted by atomic mass is 10.1. The standard InChI is InChI=1S/C16H25N3OS/c1-16(2,3)17-9-5-6-10-21-15-18-13-8-7-12(20-4)11-14(13)19-15/h7-8,11,17H,5-6,9-10H2,1-4H3,(H,18,19). The number of thioether (sulfide) groups is 1. The van der Waals surface area contributed by atoms with Crippen molar-refractivity contribution in [2.24, 2.45) is 0 Å². The first kappa shape index (κ1) is 16.2. The third-order valence-corrected chi connectivity index (χ3v) is 4.09. The first-order valence-electron chi connectivity index (χ1n) is 7.39. The van der Waals surface area contributed by atoms with Gasteiger partial charge in [-0.2, -0.15) is 0 Å². The first-order chi connectivity index (χ1) is 9.98. The number of rotatable bonds is 7. The number of nitrogens with zero attached hydrogens (tertiary/aromatic N) is 1. The number of unbranched alkanes of at least 4 members (excludes halogenated alkanes) is 1. The summed E-state index contributed by atoms with van der Waals surface area (Å²) >= 11 is 1.78. The minimum atomic E-state index is 0.213. The number of hydrogen-bond acceptors (Lipinski definition) is 4. The molecule has 0 aliphatic carbocycles. The maximum absolute atomic E-state index is 5.22. The molecule has 0 amide bonds. The van der Waals surface area contributed by atoms with Crippen LogP contribution >= 0.6 is 11.8 Å². The summed E-state index contributed by atoms with van der Waals surface area (Å²) in [5.41, 5.74) is 2.24. The molecule has 0 saturated heterocycles. The fourth-order valence-electron chi connectivity index (χ4n) is 2.02. The van der Waals surface area contributed by atoms with Crippen LogP contribution in [0.1, 0.15) is 33.6 Å². The van der Waals surface area contributed by atoms with Gasteiger partial charge in [0, 0.05) is 17.4 Å². The molecule has 0 saturated carbocycles. The smallest absolute Gasteiger partial charge is 0.166 e. The Morgan fingerprint density at radius 1 is 1.29 bits per heavy atom. The van der Waals surface area contributed by atoms with Gasteiger partial charge in [-0.3, -0.25) is 0 Å². The van der Waals surface area contributed by atoms with Gasteiger partial charge in [-0.25, -0.2) is 4.98 Å². The highest BCUT2D eigenvalue weighted by Gasteiger charge is 2.07. The van der Waals surface area contributed by atoms with Crippen LogP contribution in [0, 0.1) is 0 Å². The second kappa shape index (κ2) is 7.18. The molecular formula is C16H25N3OS. The van der Waals surface area contributed by atoms with Crippen molar-refractivity contribution in [1.82, 2.24) is 15.3 Å². The normalized spacial score (nSPS) is 12.0. The van der Waals surface area contributed by atoms with Crippen LogP contribution in [-0.4, -0.2) is 34.9 Å². The van der Waals surface area contributed by atoms with Gasteiger partial charge in [0.25, 0.3) is 0 Å². The predicted molar refractivity (Wildman–Crippen MR) is 90.4 cm³/mol. The largest absolute Gasteiger partial charge is 0.497 e. The van der Waals surface area contributed by atoms with E-state index in [1.807, 2.05) is 18.2 Å². The van der Waals surface area contributed by atoms with Crippen molar-refractivity contribution < 1.29 is 4.74 Å². The van der Waals surface area contributed by atoms with Crippen LogP contribution in [0.5, 0.6) is 5.75 Å². The van der Waals surface area contributed by atoms with Crippen molar-refractivity contribution in [2.75, 3.05) is 19.4 Å². The predicted octanol–water partition coefficient (Wildman–Crippen LogP) is 3.83. The summed E-state index contributed by atoms with van der Waals surface area (Å²) in [6, 6.07) is 5.91. The van der Waals surface area contributed by atoms with Crippen molar-refractivity contribution in [3.63, 3.8) is 0 Å². The van der Waals surface area contributed by atoms with Crippen molar-refractivity contribution in [2.45, 2.75) is 44.3 Å². The molecule has 0 bridgehead atoms. The summed E-state index contributed by atoms with van der Waals surface area (Å²) in [4.78, 5) is 7.92. The zero-order chi connectivity index (χ0) is 15.3. The maximum Gasteiger partial charge on any atom is 0.166 e. The molecule has 5 heteroatoms. The number of fused-ring (bicyclic) bond motifs is 1. The van der Waals surface area contributed by atoms with Crippen molar-refractivity contribution in [3.05, 3.63) is 18.2 Å². The number of aromatic nitrogens is 2. The third kappa shape index (κ3) is 5.25. The molecule has 1 heterocycles. The number of hydrogen-bond donors (Lipinski definition) is 2. The molecule has 0 aliphatic heterocycles. The highest BCUT2D eigenvalue weighted by Crippen LogP contribution is 2.23. The summed E-state index contributed by atoms with van der Waals surface area (Å²) in [6.45, 7) is 7.67. The summed E-state index contributed by atoms with van der Waals surface area (Å²) in [5.74, 6) is 1.94. The van der Waals surface area contributed by atoms with Crippen LogP contribution < -0.4 is 10.1 Å². The molecule has 2 aromatic rings. The van der Waals surface area contributed by atoms with Gasteiger partial charge in [0.15, 0.2) is 5.16 Å². The first-order valence-corrected chi connectivity index (χ1v) is 8.38. The summed E-state index contributed by atoms with van der Waals surface area (Å²) < 4.78 is 5.22. The maximum atomic E-state index is 5.22. The van der Waals surface area contributed by atoms with E-state index in [1.54, 1.807) is 18.9 Å². The van der Waals surface area contributed by atoms with Crippen LogP contribution in [0.2, 0.25) is 0 Å². The topological polar surface area (TPSA) is 49.9 Å². The lowest BCUT2D eigenvalue weighted by molar-refractivity contribution is 0.415. The summed E-state index contributed by atoms with van der Waals surface area (Å²) in [7, 11) is 1.68. The fourth-order valence-corrected chi connectivity index (χ4v) is 2.91. The van der Waals surface area contributed by atoms with E-state index in [1.165, 1.54) is 12.8 Å². The molecule has 0 unspecified atom stereocenters. The van der Waals surface area contributed by atoms with E-state index in [0.29, 0.717) is 0 Å². The van der Waals surface area contributed by atoms with Crippen LogP contribution in [-0.2, 0) is 0 Å². The Bertz CT molecular complexity index is 574. The van der Waals surface area contributed by atoms with Crippen LogP contribution in [0.3, 0.4) is 0 Å². The van der Waals surface area contributed by atoms with Crippen molar-refractivity contribution in [3.8, 4) is 5.75 Å². The van der Waals surface area contributed by atoms with Crippen LogP contribution in [0.4, 0.5) is 0 Å². The van der Waals surface area contributed by atoms with E-state index >= 15 is 0 Å².